The Bertz CT molecular complexity index is 270. The summed E-state index contributed by atoms with van der Waals surface area (Å²) in [6.07, 6.45) is 2.72. The number of hydrogen-bond donors (Lipinski definition) is 1. The molecule has 0 fully saturated rings. The first-order valence-corrected chi connectivity index (χ1v) is 5.75. The van der Waals surface area contributed by atoms with E-state index >= 15 is 0 Å². The molecular weight excluding hydrogens is 196 g/mol. The normalized spacial score (nSPS) is 15.4. The van der Waals surface area contributed by atoms with Crippen LogP contribution in [-0.2, 0) is 7.05 Å². The number of aryl methyl sites for hydroxylation is 1. The van der Waals surface area contributed by atoms with E-state index in [9.17, 15) is 0 Å². The van der Waals surface area contributed by atoms with Gasteiger partial charge in [0.15, 0.2) is 5.16 Å². The van der Waals surface area contributed by atoms with Crippen molar-refractivity contribution in [2.24, 2.45) is 7.05 Å². The van der Waals surface area contributed by atoms with Gasteiger partial charge in [-0.25, -0.2) is 9.67 Å². The van der Waals surface area contributed by atoms with Crippen molar-refractivity contribution in [1.29, 1.82) is 0 Å². The third-order valence-corrected chi connectivity index (χ3v) is 3.62. The van der Waals surface area contributed by atoms with Gasteiger partial charge in [-0.3, -0.25) is 0 Å². The molecule has 2 unspecified atom stereocenters. The van der Waals surface area contributed by atoms with Crippen LogP contribution in [0.1, 0.15) is 20.3 Å². The molecule has 1 N–H and O–H groups in total. The van der Waals surface area contributed by atoms with Crippen molar-refractivity contribution >= 4 is 11.8 Å². The summed E-state index contributed by atoms with van der Waals surface area (Å²) in [5.74, 6) is 0. The van der Waals surface area contributed by atoms with Crippen LogP contribution in [-0.4, -0.2) is 33.1 Å². The van der Waals surface area contributed by atoms with E-state index in [1.54, 1.807) is 18.1 Å². The Morgan fingerprint density at radius 3 is 2.79 bits per heavy atom. The first kappa shape index (κ1) is 11.5. The van der Waals surface area contributed by atoms with Crippen molar-refractivity contribution in [2.75, 3.05) is 7.05 Å². The second kappa shape index (κ2) is 5.36. The molecule has 0 amide bonds. The molecule has 5 heteroatoms. The van der Waals surface area contributed by atoms with Gasteiger partial charge in [0.05, 0.1) is 0 Å². The maximum absolute atomic E-state index is 4.19. The number of nitrogens with one attached hydrogen (secondary N) is 1. The van der Waals surface area contributed by atoms with Crippen molar-refractivity contribution in [3.8, 4) is 0 Å². The van der Waals surface area contributed by atoms with Gasteiger partial charge < -0.3 is 5.32 Å². The van der Waals surface area contributed by atoms with Crippen LogP contribution < -0.4 is 5.32 Å². The summed E-state index contributed by atoms with van der Waals surface area (Å²) in [7, 11) is 3.92. The summed E-state index contributed by atoms with van der Waals surface area (Å²) in [6.45, 7) is 4.40. The van der Waals surface area contributed by atoms with Crippen molar-refractivity contribution in [1.82, 2.24) is 20.1 Å². The maximum atomic E-state index is 4.19. The predicted molar refractivity (Wildman–Crippen MR) is 59.5 cm³/mol. The minimum atomic E-state index is 0.507. The Morgan fingerprint density at radius 1 is 1.64 bits per heavy atom. The molecular formula is C9H18N4S. The summed E-state index contributed by atoms with van der Waals surface area (Å²) < 4.78 is 1.81. The second-order valence-electron chi connectivity index (χ2n) is 3.29. The molecule has 4 nitrogen and oxygen atoms in total. The Hall–Kier alpha value is -0.550. The largest absolute Gasteiger partial charge is 0.316 e. The molecule has 14 heavy (non-hydrogen) atoms. The van der Waals surface area contributed by atoms with Gasteiger partial charge in [0.1, 0.15) is 6.33 Å². The zero-order chi connectivity index (χ0) is 10.6. The van der Waals surface area contributed by atoms with E-state index in [2.05, 4.69) is 29.2 Å². The van der Waals surface area contributed by atoms with Crippen LogP contribution in [0.25, 0.3) is 0 Å². The topological polar surface area (TPSA) is 42.7 Å². The minimum Gasteiger partial charge on any atom is -0.316 e. The summed E-state index contributed by atoms with van der Waals surface area (Å²) >= 11 is 1.76. The lowest BCUT2D eigenvalue weighted by molar-refractivity contribution is 0.539. The summed E-state index contributed by atoms with van der Waals surface area (Å²) in [5.41, 5.74) is 0. The van der Waals surface area contributed by atoms with Gasteiger partial charge in [0.2, 0.25) is 0 Å². The van der Waals surface area contributed by atoms with Crippen LogP contribution in [0, 0.1) is 0 Å². The van der Waals surface area contributed by atoms with E-state index in [1.165, 1.54) is 0 Å². The van der Waals surface area contributed by atoms with Crippen molar-refractivity contribution in [3.05, 3.63) is 6.33 Å². The SMILES string of the molecule is CCC(NC)C(C)Sc1ncnn1C. The Morgan fingerprint density at radius 2 is 2.36 bits per heavy atom. The molecule has 0 aromatic carbocycles. The van der Waals surface area contributed by atoms with Gasteiger partial charge in [-0.15, -0.1) is 0 Å². The molecule has 1 aromatic rings. The molecule has 0 aliphatic rings. The van der Waals surface area contributed by atoms with E-state index < -0.39 is 0 Å². The average Bonchev–Trinajstić information content (AvgIpc) is 2.54. The molecule has 0 spiro atoms. The molecule has 0 saturated carbocycles. The highest BCUT2D eigenvalue weighted by atomic mass is 32.2. The van der Waals surface area contributed by atoms with Crippen molar-refractivity contribution < 1.29 is 0 Å². The Kier molecular flexibility index (Phi) is 4.41. The molecule has 2 atom stereocenters. The van der Waals surface area contributed by atoms with Gasteiger partial charge in [-0.2, -0.15) is 5.10 Å². The van der Waals surface area contributed by atoms with Crippen molar-refractivity contribution in [2.45, 2.75) is 36.7 Å². The molecule has 1 rings (SSSR count). The monoisotopic (exact) mass is 214 g/mol. The smallest absolute Gasteiger partial charge is 0.186 e. The molecule has 0 radical (unpaired) electrons. The van der Waals surface area contributed by atoms with Crippen LogP contribution in [0.4, 0.5) is 0 Å². The third kappa shape index (κ3) is 2.72. The lowest BCUT2D eigenvalue weighted by Crippen LogP contribution is -2.33. The quantitative estimate of drug-likeness (QED) is 0.750. The van der Waals surface area contributed by atoms with Crippen LogP contribution in [0.15, 0.2) is 11.5 Å². The second-order valence-corrected chi connectivity index (χ2v) is 4.64. The van der Waals surface area contributed by atoms with Crippen LogP contribution >= 0.6 is 11.8 Å². The standard InChI is InChI=1S/C9H18N4S/c1-5-8(10-3)7(2)14-9-11-6-12-13(9)4/h6-8,10H,5H2,1-4H3. The van der Waals surface area contributed by atoms with Crippen LogP contribution in [0.2, 0.25) is 0 Å². The Labute approximate surface area is 89.5 Å². The van der Waals surface area contributed by atoms with Gasteiger partial charge in [0, 0.05) is 18.3 Å². The predicted octanol–water partition coefficient (Wildman–Crippen LogP) is 1.29. The highest BCUT2D eigenvalue weighted by Gasteiger charge is 2.16. The van der Waals surface area contributed by atoms with Gasteiger partial charge in [-0.05, 0) is 13.5 Å². The first-order chi connectivity index (χ1) is 6.69. The molecule has 0 aliphatic carbocycles. The summed E-state index contributed by atoms with van der Waals surface area (Å²) in [6, 6.07) is 0.525. The highest BCUT2D eigenvalue weighted by Crippen LogP contribution is 2.23. The van der Waals surface area contributed by atoms with Crippen LogP contribution in [0.5, 0.6) is 0 Å². The van der Waals surface area contributed by atoms with E-state index in [4.69, 9.17) is 0 Å². The fourth-order valence-corrected chi connectivity index (χ4v) is 2.54. The maximum Gasteiger partial charge on any atom is 0.186 e. The number of thioether (sulfide) groups is 1. The molecule has 1 heterocycles. The zero-order valence-electron chi connectivity index (χ0n) is 9.19. The number of rotatable bonds is 5. The van der Waals surface area contributed by atoms with Crippen molar-refractivity contribution in [3.63, 3.8) is 0 Å². The molecule has 0 bridgehead atoms. The third-order valence-electron chi connectivity index (χ3n) is 2.34. The van der Waals surface area contributed by atoms with E-state index in [-0.39, 0.29) is 0 Å². The number of hydrogen-bond acceptors (Lipinski definition) is 4. The molecule has 0 aliphatic heterocycles. The van der Waals surface area contributed by atoms with Gasteiger partial charge >= 0.3 is 0 Å². The van der Waals surface area contributed by atoms with Crippen LogP contribution in [0.3, 0.4) is 0 Å². The Balaban J connectivity index is 2.56. The van der Waals surface area contributed by atoms with E-state index in [1.807, 2.05) is 18.8 Å². The molecule has 80 valence electrons. The minimum absolute atomic E-state index is 0.507. The first-order valence-electron chi connectivity index (χ1n) is 4.87. The fourth-order valence-electron chi connectivity index (χ4n) is 1.41. The fraction of sp³-hybridized carbons (Fsp3) is 0.778. The lowest BCUT2D eigenvalue weighted by atomic mass is 10.2. The van der Waals surface area contributed by atoms with Gasteiger partial charge in [0.25, 0.3) is 0 Å². The summed E-state index contributed by atoms with van der Waals surface area (Å²) in [4.78, 5) is 4.19. The molecule has 1 aromatic heterocycles. The van der Waals surface area contributed by atoms with E-state index in [0.29, 0.717) is 11.3 Å². The average molecular weight is 214 g/mol. The van der Waals surface area contributed by atoms with E-state index in [0.717, 1.165) is 11.6 Å². The number of aromatic nitrogens is 3. The molecule has 0 saturated heterocycles. The number of nitrogens with zero attached hydrogens (tertiary/aromatic N) is 3. The zero-order valence-corrected chi connectivity index (χ0v) is 10.0. The lowest BCUT2D eigenvalue weighted by Gasteiger charge is -2.20. The highest BCUT2D eigenvalue weighted by molar-refractivity contribution is 7.99. The summed E-state index contributed by atoms with van der Waals surface area (Å²) in [5, 5.41) is 8.84. The van der Waals surface area contributed by atoms with Gasteiger partial charge in [-0.1, -0.05) is 25.6 Å².